The molecule has 0 fully saturated rings. The van der Waals surface area contributed by atoms with E-state index in [0.29, 0.717) is 12.3 Å². The summed E-state index contributed by atoms with van der Waals surface area (Å²) < 4.78 is 7.12. The largest absolute Gasteiger partial charge is 0.497 e. The van der Waals surface area contributed by atoms with E-state index in [1.165, 1.54) is 11.1 Å². The van der Waals surface area contributed by atoms with Gasteiger partial charge in [0.25, 0.3) is 0 Å². The van der Waals surface area contributed by atoms with Crippen molar-refractivity contribution in [3.8, 4) is 11.4 Å². The third-order valence-electron chi connectivity index (χ3n) is 5.43. The number of carbonyl (C=O) groups is 1. The number of aromatic nitrogens is 2. The Bertz CT molecular complexity index is 953. The molecular weight excluding hydrogens is 336 g/mol. The molecule has 4 heteroatoms. The van der Waals surface area contributed by atoms with Gasteiger partial charge in [0.1, 0.15) is 5.75 Å². The van der Waals surface area contributed by atoms with Crippen molar-refractivity contribution in [3.05, 3.63) is 77.1 Å². The smallest absolute Gasteiger partial charge is 0.166 e. The number of carbonyl (C=O) groups excluding carboxylic acids is 1. The Balaban J connectivity index is 1.66. The first-order chi connectivity index (χ1) is 13.1. The molecule has 0 spiro atoms. The lowest BCUT2D eigenvalue weighted by molar-refractivity contribution is 0.0963. The number of hydrogen-bond donors (Lipinski definition) is 0. The molecule has 0 N–H and O–H groups in total. The molecule has 1 heterocycles. The highest BCUT2D eigenvalue weighted by molar-refractivity contribution is 5.98. The molecule has 1 aliphatic rings. The summed E-state index contributed by atoms with van der Waals surface area (Å²) in [6.07, 6.45) is 3.07. The Morgan fingerprint density at radius 3 is 2.37 bits per heavy atom. The van der Waals surface area contributed by atoms with Crippen LogP contribution in [-0.4, -0.2) is 22.7 Å². The Kier molecular flexibility index (Phi) is 4.56. The highest BCUT2D eigenvalue weighted by Crippen LogP contribution is 2.34. The average molecular weight is 360 g/mol. The van der Waals surface area contributed by atoms with Crippen LogP contribution < -0.4 is 4.74 Å². The minimum Gasteiger partial charge on any atom is -0.497 e. The number of fused-ring (bicyclic) bond motifs is 1. The number of methoxy groups -OCH3 is 1. The summed E-state index contributed by atoms with van der Waals surface area (Å²) in [7, 11) is 1.65. The average Bonchev–Trinajstić information content (AvgIpc) is 3.12. The van der Waals surface area contributed by atoms with Crippen LogP contribution in [0, 0.1) is 0 Å². The zero-order chi connectivity index (χ0) is 19.0. The fourth-order valence-electron chi connectivity index (χ4n) is 3.78. The van der Waals surface area contributed by atoms with Gasteiger partial charge >= 0.3 is 0 Å². The first-order valence-corrected chi connectivity index (χ1v) is 9.41. The molecule has 0 saturated carbocycles. The van der Waals surface area contributed by atoms with Crippen molar-refractivity contribution in [2.75, 3.05) is 7.11 Å². The number of hydrogen-bond acceptors (Lipinski definition) is 3. The van der Waals surface area contributed by atoms with Gasteiger partial charge in [-0.25, -0.2) is 4.68 Å². The van der Waals surface area contributed by atoms with Crippen molar-refractivity contribution in [2.45, 2.75) is 38.5 Å². The standard InChI is InChI=1S/C23H24N2O2/c1-15(2)16-4-6-17(7-5-16)18-12-22-21(23(26)13-18)14-24-25(22)19-8-10-20(27-3)11-9-19/h4-11,14-15,18H,12-13H2,1-3H3. The maximum atomic E-state index is 12.7. The van der Waals surface area contributed by atoms with Gasteiger partial charge in [-0.15, -0.1) is 0 Å². The van der Waals surface area contributed by atoms with Crippen molar-refractivity contribution < 1.29 is 9.53 Å². The molecule has 2 aromatic carbocycles. The third-order valence-corrected chi connectivity index (χ3v) is 5.43. The molecule has 4 rings (SSSR count). The van der Waals surface area contributed by atoms with Gasteiger partial charge in [-0.1, -0.05) is 38.1 Å². The van der Waals surface area contributed by atoms with Crippen molar-refractivity contribution >= 4 is 5.78 Å². The lowest BCUT2D eigenvalue weighted by Gasteiger charge is -2.23. The molecule has 1 aliphatic carbocycles. The summed E-state index contributed by atoms with van der Waals surface area (Å²) >= 11 is 0. The first-order valence-electron chi connectivity index (χ1n) is 9.41. The second-order valence-corrected chi connectivity index (χ2v) is 7.46. The van der Waals surface area contributed by atoms with Crippen molar-refractivity contribution in [2.24, 2.45) is 0 Å². The predicted molar refractivity (Wildman–Crippen MR) is 106 cm³/mol. The fraction of sp³-hybridized carbons (Fsp3) is 0.304. The molecule has 3 aromatic rings. The van der Waals surface area contributed by atoms with Gasteiger partial charge < -0.3 is 4.74 Å². The molecule has 0 bridgehead atoms. The lowest BCUT2D eigenvalue weighted by Crippen LogP contribution is -2.20. The van der Waals surface area contributed by atoms with E-state index in [2.05, 4.69) is 43.2 Å². The fourth-order valence-corrected chi connectivity index (χ4v) is 3.78. The van der Waals surface area contributed by atoms with E-state index >= 15 is 0 Å². The maximum absolute atomic E-state index is 12.7. The van der Waals surface area contributed by atoms with Crippen molar-refractivity contribution in [1.82, 2.24) is 9.78 Å². The normalized spacial score (nSPS) is 16.4. The van der Waals surface area contributed by atoms with Crippen LogP contribution in [0.1, 0.15) is 59.3 Å². The van der Waals surface area contributed by atoms with Gasteiger partial charge in [0, 0.05) is 6.42 Å². The number of rotatable bonds is 4. The van der Waals surface area contributed by atoms with Gasteiger partial charge in [0.15, 0.2) is 5.78 Å². The quantitative estimate of drug-likeness (QED) is 0.663. The molecule has 0 amide bonds. The van der Waals surface area contributed by atoms with Crippen LogP contribution in [0.3, 0.4) is 0 Å². The molecule has 27 heavy (non-hydrogen) atoms. The summed E-state index contributed by atoms with van der Waals surface area (Å²) in [4.78, 5) is 12.7. The zero-order valence-electron chi connectivity index (χ0n) is 16.0. The number of nitrogens with zero attached hydrogens (tertiary/aromatic N) is 2. The van der Waals surface area contributed by atoms with Crippen molar-refractivity contribution in [3.63, 3.8) is 0 Å². The second kappa shape index (κ2) is 7.03. The maximum Gasteiger partial charge on any atom is 0.166 e. The van der Waals surface area contributed by atoms with Crippen LogP contribution in [0.15, 0.2) is 54.7 Å². The van der Waals surface area contributed by atoms with Gasteiger partial charge in [0.2, 0.25) is 0 Å². The molecule has 1 unspecified atom stereocenters. The topological polar surface area (TPSA) is 44.1 Å². The van der Waals surface area contributed by atoms with Crippen LogP contribution >= 0.6 is 0 Å². The minimum absolute atomic E-state index is 0.175. The summed E-state index contributed by atoms with van der Waals surface area (Å²) in [5, 5.41) is 4.49. The molecule has 138 valence electrons. The molecule has 4 nitrogen and oxygen atoms in total. The molecule has 0 radical (unpaired) electrons. The predicted octanol–water partition coefficient (Wildman–Crippen LogP) is 4.92. The van der Waals surface area contributed by atoms with Gasteiger partial charge in [-0.05, 0) is 53.6 Å². The van der Waals surface area contributed by atoms with E-state index in [-0.39, 0.29) is 11.7 Å². The Hall–Kier alpha value is -2.88. The molecule has 1 aromatic heterocycles. The van der Waals surface area contributed by atoms with Crippen molar-refractivity contribution in [1.29, 1.82) is 0 Å². The lowest BCUT2D eigenvalue weighted by atomic mass is 9.82. The van der Waals surface area contributed by atoms with Gasteiger partial charge in [-0.2, -0.15) is 5.10 Å². The highest BCUT2D eigenvalue weighted by Gasteiger charge is 2.30. The second-order valence-electron chi connectivity index (χ2n) is 7.46. The minimum atomic E-state index is 0.175. The third kappa shape index (κ3) is 3.27. The Morgan fingerprint density at radius 2 is 1.74 bits per heavy atom. The monoisotopic (exact) mass is 360 g/mol. The van der Waals surface area contributed by atoms with E-state index in [9.17, 15) is 4.79 Å². The molecular formula is C23H24N2O2. The highest BCUT2D eigenvalue weighted by atomic mass is 16.5. The Morgan fingerprint density at radius 1 is 1.04 bits per heavy atom. The zero-order valence-corrected chi connectivity index (χ0v) is 16.0. The summed E-state index contributed by atoms with van der Waals surface area (Å²) in [6, 6.07) is 16.5. The molecule has 0 aliphatic heterocycles. The van der Waals surface area contributed by atoms with Crippen LogP contribution in [-0.2, 0) is 6.42 Å². The number of benzene rings is 2. The van der Waals surface area contributed by atoms with E-state index in [1.807, 2.05) is 28.9 Å². The Labute approximate surface area is 159 Å². The molecule has 0 saturated heterocycles. The van der Waals surface area contributed by atoms with Gasteiger partial charge in [-0.3, -0.25) is 4.79 Å². The van der Waals surface area contributed by atoms with E-state index in [4.69, 9.17) is 4.74 Å². The first kappa shape index (κ1) is 17.5. The molecule has 1 atom stereocenters. The van der Waals surface area contributed by atoms with E-state index in [1.54, 1.807) is 13.3 Å². The van der Waals surface area contributed by atoms with E-state index in [0.717, 1.165) is 29.1 Å². The van der Waals surface area contributed by atoms with Gasteiger partial charge in [0.05, 0.1) is 30.3 Å². The van der Waals surface area contributed by atoms with E-state index < -0.39 is 0 Å². The SMILES string of the molecule is COc1ccc(-n2ncc3c2CC(c2ccc(C(C)C)cc2)CC3=O)cc1. The van der Waals surface area contributed by atoms with Crippen LogP contribution in [0.2, 0.25) is 0 Å². The number of Topliss-reactive ketones (excluding diaryl/α,β-unsaturated/α-hetero) is 1. The number of ether oxygens (including phenoxy) is 1. The number of ketones is 1. The van der Waals surface area contributed by atoms with Crippen LogP contribution in [0.25, 0.3) is 5.69 Å². The summed E-state index contributed by atoms with van der Waals surface area (Å²) in [5.74, 6) is 1.68. The van der Waals surface area contributed by atoms with Crippen LogP contribution in [0.5, 0.6) is 5.75 Å². The van der Waals surface area contributed by atoms with Crippen LogP contribution in [0.4, 0.5) is 0 Å². The summed E-state index contributed by atoms with van der Waals surface area (Å²) in [6.45, 7) is 4.39. The summed E-state index contributed by atoms with van der Waals surface area (Å²) in [5.41, 5.74) is 5.24.